The van der Waals surface area contributed by atoms with Gasteiger partial charge in [-0.2, -0.15) is 0 Å². The van der Waals surface area contributed by atoms with Gasteiger partial charge in [0.05, 0.1) is 6.42 Å². The van der Waals surface area contributed by atoms with Crippen LogP contribution in [0.3, 0.4) is 0 Å². The number of nitrogens with one attached hydrogen (secondary N) is 1. The third kappa shape index (κ3) is 4.08. The molecule has 1 aliphatic carbocycles. The molecule has 2 amide bonds. The standard InChI is InChI=1S/C11H20N2O3/c1-3-13(7-6-10(14)15)11(16)12-8(2)9-4-5-9/h8-9H,3-7H2,1-2H3,(H,12,16)(H,14,15). The van der Waals surface area contributed by atoms with Crippen molar-refractivity contribution >= 4 is 12.0 Å². The minimum atomic E-state index is -0.874. The molecule has 0 aromatic heterocycles. The Bertz CT molecular complexity index is 264. The summed E-state index contributed by atoms with van der Waals surface area (Å²) in [5, 5.41) is 11.5. The van der Waals surface area contributed by atoms with E-state index in [1.165, 1.54) is 17.7 Å². The Hall–Kier alpha value is -1.26. The van der Waals surface area contributed by atoms with Crippen LogP contribution in [0.5, 0.6) is 0 Å². The second-order valence-electron chi connectivity index (χ2n) is 4.30. The Morgan fingerprint density at radius 2 is 2.12 bits per heavy atom. The van der Waals surface area contributed by atoms with Crippen molar-refractivity contribution in [2.75, 3.05) is 13.1 Å². The van der Waals surface area contributed by atoms with Crippen LogP contribution in [0.25, 0.3) is 0 Å². The molecule has 1 atom stereocenters. The van der Waals surface area contributed by atoms with Gasteiger partial charge in [-0.3, -0.25) is 4.79 Å². The smallest absolute Gasteiger partial charge is 0.317 e. The summed E-state index contributed by atoms with van der Waals surface area (Å²) in [5.74, 6) is -0.261. The van der Waals surface area contributed by atoms with Gasteiger partial charge in [-0.05, 0) is 32.6 Å². The van der Waals surface area contributed by atoms with Gasteiger partial charge in [0.2, 0.25) is 0 Å². The molecule has 0 spiro atoms. The first-order chi connectivity index (χ1) is 7.54. The fraction of sp³-hybridized carbons (Fsp3) is 0.818. The van der Waals surface area contributed by atoms with Gasteiger partial charge in [-0.1, -0.05) is 0 Å². The van der Waals surface area contributed by atoms with Crippen LogP contribution in [0.2, 0.25) is 0 Å². The highest BCUT2D eigenvalue weighted by atomic mass is 16.4. The summed E-state index contributed by atoms with van der Waals surface area (Å²) in [7, 11) is 0. The molecule has 0 saturated heterocycles. The zero-order valence-corrected chi connectivity index (χ0v) is 9.90. The van der Waals surface area contributed by atoms with Crippen molar-refractivity contribution in [1.82, 2.24) is 10.2 Å². The average Bonchev–Trinajstić information content (AvgIpc) is 3.01. The van der Waals surface area contributed by atoms with Crippen molar-refractivity contribution in [3.63, 3.8) is 0 Å². The van der Waals surface area contributed by atoms with Gasteiger partial charge >= 0.3 is 12.0 Å². The third-order valence-corrected chi connectivity index (χ3v) is 2.94. The maximum atomic E-state index is 11.8. The van der Waals surface area contributed by atoms with Crippen molar-refractivity contribution in [3.05, 3.63) is 0 Å². The summed E-state index contributed by atoms with van der Waals surface area (Å²) >= 11 is 0. The molecule has 1 rings (SSSR count). The number of amides is 2. The van der Waals surface area contributed by atoms with Crippen LogP contribution in [-0.4, -0.2) is 41.1 Å². The minimum absolute atomic E-state index is 0.000923. The molecule has 0 aliphatic heterocycles. The molecule has 92 valence electrons. The van der Waals surface area contributed by atoms with E-state index in [4.69, 9.17) is 5.11 Å². The summed E-state index contributed by atoms with van der Waals surface area (Å²) in [6.45, 7) is 4.66. The number of hydrogen-bond acceptors (Lipinski definition) is 2. The summed E-state index contributed by atoms with van der Waals surface area (Å²) in [6, 6.07) is 0.0505. The molecule has 0 aromatic carbocycles. The first kappa shape index (κ1) is 12.8. The Balaban J connectivity index is 2.32. The Labute approximate surface area is 95.8 Å². The number of carboxylic acids is 1. The molecule has 1 unspecified atom stereocenters. The molecule has 0 bridgehead atoms. The van der Waals surface area contributed by atoms with E-state index in [9.17, 15) is 9.59 Å². The lowest BCUT2D eigenvalue weighted by Crippen LogP contribution is -2.45. The minimum Gasteiger partial charge on any atom is -0.481 e. The monoisotopic (exact) mass is 228 g/mol. The quantitative estimate of drug-likeness (QED) is 0.719. The highest BCUT2D eigenvalue weighted by molar-refractivity contribution is 5.75. The van der Waals surface area contributed by atoms with Gasteiger partial charge in [0.25, 0.3) is 0 Å². The Kier molecular flexibility index (Phi) is 4.58. The molecule has 1 aliphatic rings. The lowest BCUT2D eigenvalue weighted by Gasteiger charge is -2.23. The molecule has 0 heterocycles. The predicted octanol–water partition coefficient (Wildman–Crippen LogP) is 1.29. The largest absolute Gasteiger partial charge is 0.481 e. The second kappa shape index (κ2) is 5.72. The van der Waals surface area contributed by atoms with Crippen molar-refractivity contribution in [3.8, 4) is 0 Å². The summed E-state index contributed by atoms with van der Waals surface area (Å²) in [4.78, 5) is 23.7. The van der Waals surface area contributed by atoms with Crippen molar-refractivity contribution in [1.29, 1.82) is 0 Å². The van der Waals surface area contributed by atoms with Crippen LogP contribution in [0.4, 0.5) is 4.79 Å². The highest BCUT2D eigenvalue weighted by Gasteiger charge is 2.29. The first-order valence-corrected chi connectivity index (χ1v) is 5.81. The maximum absolute atomic E-state index is 11.8. The van der Waals surface area contributed by atoms with E-state index in [1.54, 1.807) is 0 Å². The van der Waals surface area contributed by atoms with Gasteiger partial charge in [-0.15, -0.1) is 0 Å². The number of rotatable bonds is 6. The zero-order chi connectivity index (χ0) is 12.1. The highest BCUT2D eigenvalue weighted by Crippen LogP contribution is 2.32. The van der Waals surface area contributed by atoms with Gasteiger partial charge < -0.3 is 15.3 Å². The van der Waals surface area contributed by atoms with E-state index in [2.05, 4.69) is 5.32 Å². The number of carboxylic acid groups (broad SMARTS) is 1. The van der Waals surface area contributed by atoms with E-state index in [-0.39, 0.29) is 25.0 Å². The zero-order valence-electron chi connectivity index (χ0n) is 9.90. The van der Waals surface area contributed by atoms with Crippen molar-refractivity contribution in [2.24, 2.45) is 5.92 Å². The summed E-state index contributed by atoms with van der Waals surface area (Å²) in [6.07, 6.45) is 2.37. The summed E-state index contributed by atoms with van der Waals surface area (Å²) in [5.41, 5.74) is 0. The summed E-state index contributed by atoms with van der Waals surface area (Å²) < 4.78 is 0. The lowest BCUT2D eigenvalue weighted by molar-refractivity contribution is -0.137. The normalized spacial score (nSPS) is 16.6. The second-order valence-corrected chi connectivity index (χ2v) is 4.30. The molecule has 5 nitrogen and oxygen atoms in total. The fourth-order valence-electron chi connectivity index (χ4n) is 1.63. The van der Waals surface area contributed by atoms with Crippen LogP contribution in [0, 0.1) is 5.92 Å². The number of urea groups is 1. The van der Waals surface area contributed by atoms with E-state index in [0.717, 1.165) is 0 Å². The molecular weight excluding hydrogens is 208 g/mol. The molecule has 1 saturated carbocycles. The van der Waals surface area contributed by atoms with Gasteiger partial charge in [0, 0.05) is 19.1 Å². The molecule has 0 radical (unpaired) electrons. The van der Waals surface area contributed by atoms with Crippen LogP contribution in [0.1, 0.15) is 33.1 Å². The Morgan fingerprint density at radius 3 is 2.56 bits per heavy atom. The van der Waals surface area contributed by atoms with E-state index in [0.29, 0.717) is 12.5 Å². The van der Waals surface area contributed by atoms with Gasteiger partial charge in [0.1, 0.15) is 0 Å². The maximum Gasteiger partial charge on any atom is 0.317 e. The number of nitrogens with zero attached hydrogens (tertiary/aromatic N) is 1. The SMILES string of the molecule is CCN(CCC(=O)O)C(=O)NC(C)C1CC1. The average molecular weight is 228 g/mol. The van der Waals surface area contributed by atoms with Crippen molar-refractivity contribution in [2.45, 2.75) is 39.2 Å². The molecule has 2 N–H and O–H groups in total. The number of hydrogen-bond donors (Lipinski definition) is 2. The fourth-order valence-corrected chi connectivity index (χ4v) is 1.63. The number of carbonyl (C=O) groups excluding carboxylic acids is 1. The number of carbonyl (C=O) groups is 2. The van der Waals surface area contributed by atoms with Crippen LogP contribution in [-0.2, 0) is 4.79 Å². The third-order valence-electron chi connectivity index (χ3n) is 2.94. The van der Waals surface area contributed by atoms with Crippen LogP contribution in [0.15, 0.2) is 0 Å². The van der Waals surface area contributed by atoms with E-state index < -0.39 is 5.97 Å². The van der Waals surface area contributed by atoms with Crippen LogP contribution < -0.4 is 5.32 Å². The number of aliphatic carboxylic acids is 1. The Morgan fingerprint density at radius 1 is 1.50 bits per heavy atom. The lowest BCUT2D eigenvalue weighted by atomic mass is 10.2. The predicted molar refractivity (Wildman–Crippen MR) is 60.2 cm³/mol. The first-order valence-electron chi connectivity index (χ1n) is 5.81. The van der Waals surface area contributed by atoms with Gasteiger partial charge in [0.15, 0.2) is 0 Å². The van der Waals surface area contributed by atoms with Crippen LogP contribution >= 0.6 is 0 Å². The van der Waals surface area contributed by atoms with Gasteiger partial charge in [-0.25, -0.2) is 4.79 Å². The molecule has 16 heavy (non-hydrogen) atoms. The van der Waals surface area contributed by atoms with E-state index >= 15 is 0 Å². The molecule has 0 aromatic rings. The molecular formula is C11H20N2O3. The van der Waals surface area contributed by atoms with E-state index in [1.807, 2.05) is 13.8 Å². The molecule has 1 fully saturated rings. The topological polar surface area (TPSA) is 69.6 Å². The van der Waals surface area contributed by atoms with Crippen molar-refractivity contribution < 1.29 is 14.7 Å². The molecule has 5 heteroatoms.